The van der Waals surface area contributed by atoms with Crippen LogP contribution in [0.4, 0.5) is 0 Å². The Morgan fingerprint density at radius 3 is 2.65 bits per heavy atom. The number of fused-ring (bicyclic) bond motifs is 1. The standard InChI is InChI=1S/C19H23NO3/c1-22-14-19(9-4-10-19)13-20-18(21)12-23-17-8-7-15-5-2-3-6-16(15)11-17/h2-3,5-8,11H,4,9-10,12-14H2,1H3,(H,20,21). The van der Waals surface area contributed by atoms with Crippen LogP contribution in [-0.2, 0) is 9.53 Å². The summed E-state index contributed by atoms with van der Waals surface area (Å²) >= 11 is 0. The van der Waals surface area contributed by atoms with Gasteiger partial charge in [0.2, 0.25) is 0 Å². The first-order chi connectivity index (χ1) is 11.2. The first-order valence-electron chi connectivity index (χ1n) is 8.08. The number of ether oxygens (including phenoxy) is 2. The molecular formula is C19H23NO3. The quantitative estimate of drug-likeness (QED) is 0.854. The lowest BCUT2D eigenvalue weighted by Crippen LogP contribution is -2.46. The fraction of sp³-hybridized carbons (Fsp3) is 0.421. The van der Waals surface area contributed by atoms with E-state index >= 15 is 0 Å². The van der Waals surface area contributed by atoms with Crippen molar-refractivity contribution in [3.63, 3.8) is 0 Å². The number of nitrogens with one attached hydrogen (secondary N) is 1. The van der Waals surface area contributed by atoms with Gasteiger partial charge in [-0.15, -0.1) is 0 Å². The van der Waals surface area contributed by atoms with Crippen molar-refractivity contribution >= 4 is 16.7 Å². The van der Waals surface area contributed by atoms with Gasteiger partial charge in [-0.1, -0.05) is 36.8 Å². The zero-order valence-corrected chi connectivity index (χ0v) is 13.5. The molecule has 0 aliphatic heterocycles. The van der Waals surface area contributed by atoms with E-state index in [0.29, 0.717) is 18.9 Å². The summed E-state index contributed by atoms with van der Waals surface area (Å²) in [7, 11) is 1.71. The van der Waals surface area contributed by atoms with E-state index in [1.807, 2.05) is 36.4 Å². The number of hydrogen-bond acceptors (Lipinski definition) is 3. The fourth-order valence-corrected chi connectivity index (χ4v) is 3.10. The molecule has 1 aliphatic rings. The lowest BCUT2D eigenvalue weighted by atomic mass is 9.69. The van der Waals surface area contributed by atoms with Crippen molar-refractivity contribution in [3.05, 3.63) is 42.5 Å². The van der Waals surface area contributed by atoms with Crippen LogP contribution in [0.25, 0.3) is 10.8 Å². The predicted molar refractivity (Wildman–Crippen MR) is 90.6 cm³/mol. The molecular weight excluding hydrogens is 290 g/mol. The highest BCUT2D eigenvalue weighted by atomic mass is 16.5. The zero-order chi connectivity index (χ0) is 16.1. The highest BCUT2D eigenvalue weighted by molar-refractivity contribution is 5.84. The minimum absolute atomic E-state index is 0.0431. The second-order valence-electron chi connectivity index (χ2n) is 6.36. The minimum Gasteiger partial charge on any atom is -0.484 e. The van der Waals surface area contributed by atoms with Crippen LogP contribution in [0.2, 0.25) is 0 Å². The summed E-state index contributed by atoms with van der Waals surface area (Å²) in [6, 6.07) is 14.0. The van der Waals surface area contributed by atoms with Crippen LogP contribution in [0.3, 0.4) is 0 Å². The van der Waals surface area contributed by atoms with Gasteiger partial charge in [0.25, 0.3) is 5.91 Å². The molecule has 4 heteroatoms. The summed E-state index contributed by atoms with van der Waals surface area (Å²) < 4.78 is 10.9. The Hall–Kier alpha value is -2.07. The van der Waals surface area contributed by atoms with Gasteiger partial charge in [-0.2, -0.15) is 0 Å². The third-order valence-electron chi connectivity index (χ3n) is 4.62. The third kappa shape index (κ3) is 3.82. The number of benzene rings is 2. The van der Waals surface area contributed by atoms with Gasteiger partial charge in [-0.3, -0.25) is 4.79 Å². The van der Waals surface area contributed by atoms with Crippen LogP contribution in [0.15, 0.2) is 42.5 Å². The molecule has 0 bridgehead atoms. The molecule has 0 saturated heterocycles. The number of amides is 1. The molecule has 3 rings (SSSR count). The largest absolute Gasteiger partial charge is 0.484 e. The van der Waals surface area contributed by atoms with Crippen LogP contribution >= 0.6 is 0 Å². The summed E-state index contributed by atoms with van der Waals surface area (Å²) in [6.45, 7) is 1.42. The van der Waals surface area contributed by atoms with Crippen molar-refractivity contribution in [1.82, 2.24) is 5.32 Å². The Kier molecular flexibility index (Phi) is 4.82. The number of carbonyl (C=O) groups is 1. The van der Waals surface area contributed by atoms with Gasteiger partial charge in [0.1, 0.15) is 5.75 Å². The molecule has 1 N–H and O–H groups in total. The molecule has 1 saturated carbocycles. The van der Waals surface area contributed by atoms with Gasteiger partial charge in [-0.25, -0.2) is 0 Å². The molecule has 0 heterocycles. The average molecular weight is 313 g/mol. The van der Waals surface area contributed by atoms with E-state index in [-0.39, 0.29) is 17.9 Å². The zero-order valence-electron chi connectivity index (χ0n) is 13.5. The van der Waals surface area contributed by atoms with Gasteiger partial charge in [-0.05, 0) is 35.7 Å². The number of carbonyl (C=O) groups excluding carboxylic acids is 1. The number of methoxy groups -OCH3 is 1. The van der Waals surface area contributed by atoms with Crippen molar-refractivity contribution in [2.24, 2.45) is 5.41 Å². The van der Waals surface area contributed by atoms with Gasteiger partial charge in [0.05, 0.1) is 6.61 Å². The summed E-state index contributed by atoms with van der Waals surface area (Å²) in [4.78, 5) is 12.0. The summed E-state index contributed by atoms with van der Waals surface area (Å²) in [6.07, 6.45) is 3.45. The van der Waals surface area contributed by atoms with E-state index in [4.69, 9.17) is 9.47 Å². The van der Waals surface area contributed by atoms with Crippen LogP contribution < -0.4 is 10.1 Å². The van der Waals surface area contributed by atoms with Crippen LogP contribution in [0.1, 0.15) is 19.3 Å². The summed E-state index contributed by atoms with van der Waals surface area (Å²) in [5, 5.41) is 5.25. The molecule has 1 amide bonds. The molecule has 0 radical (unpaired) electrons. The number of hydrogen-bond donors (Lipinski definition) is 1. The number of rotatable bonds is 7. The fourth-order valence-electron chi connectivity index (χ4n) is 3.10. The maximum atomic E-state index is 12.0. The van der Waals surface area contributed by atoms with E-state index in [0.717, 1.165) is 23.6 Å². The molecule has 4 nitrogen and oxygen atoms in total. The lowest BCUT2D eigenvalue weighted by molar-refractivity contribution is -0.124. The second kappa shape index (κ2) is 7.01. The van der Waals surface area contributed by atoms with E-state index in [1.54, 1.807) is 7.11 Å². The predicted octanol–water partition coefficient (Wildman–Crippen LogP) is 3.15. The second-order valence-corrected chi connectivity index (χ2v) is 6.36. The van der Waals surface area contributed by atoms with E-state index in [1.165, 1.54) is 6.42 Å². The lowest BCUT2D eigenvalue weighted by Gasteiger charge is -2.41. The Morgan fingerprint density at radius 2 is 1.96 bits per heavy atom. The third-order valence-corrected chi connectivity index (χ3v) is 4.62. The Morgan fingerprint density at radius 1 is 1.17 bits per heavy atom. The van der Waals surface area contributed by atoms with Crippen molar-refractivity contribution in [1.29, 1.82) is 0 Å². The molecule has 23 heavy (non-hydrogen) atoms. The van der Waals surface area contributed by atoms with Crippen LogP contribution in [0, 0.1) is 5.41 Å². The molecule has 0 atom stereocenters. The normalized spacial score (nSPS) is 15.9. The van der Waals surface area contributed by atoms with Gasteiger partial charge >= 0.3 is 0 Å². The van der Waals surface area contributed by atoms with Crippen LogP contribution in [-0.4, -0.2) is 32.8 Å². The van der Waals surface area contributed by atoms with E-state index < -0.39 is 0 Å². The van der Waals surface area contributed by atoms with Gasteiger partial charge in [0.15, 0.2) is 6.61 Å². The first-order valence-corrected chi connectivity index (χ1v) is 8.08. The van der Waals surface area contributed by atoms with E-state index in [2.05, 4.69) is 11.4 Å². The van der Waals surface area contributed by atoms with Crippen LogP contribution in [0.5, 0.6) is 5.75 Å². The molecule has 1 aliphatic carbocycles. The highest BCUT2D eigenvalue weighted by Gasteiger charge is 2.37. The SMILES string of the molecule is COCC1(CNC(=O)COc2ccc3ccccc3c2)CCC1. The molecule has 0 unspecified atom stereocenters. The topological polar surface area (TPSA) is 47.6 Å². The van der Waals surface area contributed by atoms with Crippen molar-refractivity contribution in [2.45, 2.75) is 19.3 Å². The summed E-state index contributed by atoms with van der Waals surface area (Å²) in [5.74, 6) is 0.634. The molecule has 1 fully saturated rings. The maximum Gasteiger partial charge on any atom is 0.257 e. The van der Waals surface area contributed by atoms with Gasteiger partial charge < -0.3 is 14.8 Å². The summed E-state index contributed by atoms with van der Waals surface area (Å²) in [5.41, 5.74) is 0.132. The Balaban J connectivity index is 1.50. The van der Waals surface area contributed by atoms with Gasteiger partial charge in [0, 0.05) is 19.1 Å². The van der Waals surface area contributed by atoms with Crippen molar-refractivity contribution in [2.75, 3.05) is 26.9 Å². The van der Waals surface area contributed by atoms with Crippen molar-refractivity contribution in [3.8, 4) is 5.75 Å². The Bertz CT molecular complexity index is 679. The Labute approximate surface area is 136 Å². The van der Waals surface area contributed by atoms with E-state index in [9.17, 15) is 4.79 Å². The molecule has 0 spiro atoms. The maximum absolute atomic E-state index is 12.0. The molecule has 0 aromatic heterocycles. The molecule has 2 aromatic rings. The first kappa shape index (κ1) is 15.8. The monoisotopic (exact) mass is 313 g/mol. The smallest absolute Gasteiger partial charge is 0.257 e. The highest BCUT2D eigenvalue weighted by Crippen LogP contribution is 2.40. The molecule has 122 valence electrons. The average Bonchev–Trinajstić information content (AvgIpc) is 2.55. The minimum atomic E-state index is -0.0828. The van der Waals surface area contributed by atoms with Crippen molar-refractivity contribution < 1.29 is 14.3 Å². The molecule has 2 aromatic carbocycles.